The zero-order valence-corrected chi connectivity index (χ0v) is 8.44. The fraction of sp³-hybridized carbons (Fsp3) is 0.455. The molecule has 2 rings (SSSR count). The summed E-state index contributed by atoms with van der Waals surface area (Å²) in [6, 6.07) is 2.68. The Kier molecular flexibility index (Phi) is 2.88. The second-order valence-corrected chi connectivity index (χ2v) is 3.92. The van der Waals surface area contributed by atoms with Gasteiger partial charge in [-0.25, -0.2) is 4.39 Å². The van der Waals surface area contributed by atoms with Crippen LogP contribution in [0.1, 0.15) is 23.5 Å². The van der Waals surface area contributed by atoms with E-state index in [4.69, 9.17) is 0 Å². The molecule has 0 amide bonds. The van der Waals surface area contributed by atoms with Crippen LogP contribution in [-0.2, 0) is 6.18 Å². The van der Waals surface area contributed by atoms with E-state index in [0.29, 0.717) is 19.5 Å². The minimum absolute atomic E-state index is 0.0671. The van der Waals surface area contributed by atoms with E-state index in [0.717, 1.165) is 18.2 Å². The van der Waals surface area contributed by atoms with Crippen LogP contribution in [0.3, 0.4) is 0 Å². The van der Waals surface area contributed by atoms with E-state index in [9.17, 15) is 17.6 Å². The maximum Gasteiger partial charge on any atom is 0.416 e. The molecule has 1 saturated heterocycles. The lowest BCUT2D eigenvalue weighted by Gasteiger charge is -2.17. The molecule has 1 heterocycles. The second kappa shape index (κ2) is 4.05. The number of hydrogen-bond acceptors (Lipinski definition) is 1. The Balaban J connectivity index is 2.43. The first kappa shape index (κ1) is 11.4. The average Bonchev–Trinajstić information content (AvgIpc) is 2.68. The van der Waals surface area contributed by atoms with Gasteiger partial charge in [0.25, 0.3) is 0 Å². The van der Waals surface area contributed by atoms with Crippen molar-refractivity contribution in [1.29, 1.82) is 0 Å². The summed E-state index contributed by atoms with van der Waals surface area (Å²) in [4.78, 5) is 0. The van der Waals surface area contributed by atoms with E-state index in [1.54, 1.807) is 0 Å². The van der Waals surface area contributed by atoms with Crippen molar-refractivity contribution in [3.63, 3.8) is 0 Å². The highest BCUT2D eigenvalue weighted by molar-refractivity contribution is 5.34. The zero-order valence-electron chi connectivity index (χ0n) is 8.44. The van der Waals surface area contributed by atoms with Crippen molar-refractivity contribution in [3.05, 3.63) is 35.1 Å². The summed E-state index contributed by atoms with van der Waals surface area (Å²) in [6.45, 7) is 1.16. The molecule has 0 spiro atoms. The summed E-state index contributed by atoms with van der Waals surface area (Å²) in [6.07, 6.45) is -3.79. The van der Waals surface area contributed by atoms with Gasteiger partial charge in [-0.05, 0) is 42.6 Å². The lowest BCUT2D eigenvalue weighted by atomic mass is 9.93. The lowest BCUT2D eigenvalue weighted by Crippen LogP contribution is -2.14. The average molecular weight is 233 g/mol. The Morgan fingerprint density at radius 1 is 1.25 bits per heavy atom. The Hall–Kier alpha value is -1.10. The molecule has 1 aromatic carbocycles. The molecular formula is C11H11F4N. The summed E-state index contributed by atoms with van der Waals surface area (Å²) in [5.41, 5.74) is -0.653. The predicted molar refractivity (Wildman–Crippen MR) is 51.6 cm³/mol. The van der Waals surface area contributed by atoms with Gasteiger partial charge in [0.05, 0.1) is 5.56 Å². The van der Waals surface area contributed by atoms with Crippen LogP contribution in [0.15, 0.2) is 18.2 Å². The van der Waals surface area contributed by atoms with Crippen molar-refractivity contribution in [2.24, 2.45) is 0 Å². The topological polar surface area (TPSA) is 12.0 Å². The van der Waals surface area contributed by atoms with Crippen molar-refractivity contribution in [3.8, 4) is 0 Å². The molecule has 0 aromatic heterocycles. The van der Waals surface area contributed by atoms with E-state index in [2.05, 4.69) is 5.32 Å². The molecule has 88 valence electrons. The van der Waals surface area contributed by atoms with Gasteiger partial charge in [0, 0.05) is 6.54 Å². The van der Waals surface area contributed by atoms with Crippen LogP contribution >= 0.6 is 0 Å². The molecule has 1 atom stereocenters. The maximum atomic E-state index is 13.0. The van der Waals surface area contributed by atoms with E-state index in [1.807, 2.05) is 0 Å². The summed E-state index contributed by atoms with van der Waals surface area (Å²) >= 11 is 0. The molecular weight excluding hydrogens is 222 g/mol. The Morgan fingerprint density at radius 2 is 2.00 bits per heavy atom. The van der Waals surface area contributed by atoms with Crippen LogP contribution in [0.2, 0.25) is 0 Å². The number of nitrogens with one attached hydrogen (secondary N) is 1. The van der Waals surface area contributed by atoms with Gasteiger partial charge in [0.15, 0.2) is 0 Å². The molecule has 1 aliphatic rings. The monoisotopic (exact) mass is 233 g/mol. The van der Waals surface area contributed by atoms with Gasteiger partial charge >= 0.3 is 6.18 Å². The summed E-state index contributed by atoms with van der Waals surface area (Å²) in [5.74, 6) is -0.859. The standard InChI is InChI=1S/C11H11F4N/c12-8-1-2-10(11(13,14)15)9(5-8)7-3-4-16-6-7/h1-2,5,7,16H,3-4,6H2. The largest absolute Gasteiger partial charge is 0.416 e. The van der Waals surface area contributed by atoms with E-state index in [-0.39, 0.29) is 11.5 Å². The third-order valence-corrected chi connectivity index (χ3v) is 2.82. The first-order chi connectivity index (χ1) is 7.48. The van der Waals surface area contributed by atoms with Crippen LogP contribution in [0.25, 0.3) is 0 Å². The van der Waals surface area contributed by atoms with Crippen molar-refractivity contribution in [1.82, 2.24) is 5.32 Å². The molecule has 1 unspecified atom stereocenters. The fourth-order valence-corrected chi connectivity index (χ4v) is 2.05. The number of halogens is 4. The van der Waals surface area contributed by atoms with Crippen LogP contribution in [0.5, 0.6) is 0 Å². The SMILES string of the molecule is Fc1ccc(C(F)(F)F)c(C2CCNC2)c1. The second-order valence-electron chi connectivity index (χ2n) is 3.92. The van der Waals surface area contributed by atoms with Crippen molar-refractivity contribution >= 4 is 0 Å². The quantitative estimate of drug-likeness (QED) is 0.735. The molecule has 1 aliphatic heterocycles. The molecule has 1 nitrogen and oxygen atoms in total. The smallest absolute Gasteiger partial charge is 0.316 e. The molecule has 1 aromatic rings. The van der Waals surface area contributed by atoms with E-state index < -0.39 is 17.6 Å². The summed E-state index contributed by atoms with van der Waals surface area (Å²) < 4.78 is 51.1. The number of benzene rings is 1. The Labute approximate surface area is 90.5 Å². The van der Waals surface area contributed by atoms with Gasteiger partial charge in [0.1, 0.15) is 5.82 Å². The Bertz CT molecular complexity index is 380. The van der Waals surface area contributed by atoms with Crippen molar-refractivity contribution < 1.29 is 17.6 Å². The van der Waals surface area contributed by atoms with Gasteiger partial charge in [-0.2, -0.15) is 13.2 Å². The fourth-order valence-electron chi connectivity index (χ4n) is 2.05. The van der Waals surface area contributed by atoms with Crippen molar-refractivity contribution in [2.45, 2.75) is 18.5 Å². The molecule has 1 fully saturated rings. The lowest BCUT2D eigenvalue weighted by molar-refractivity contribution is -0.138. The summed E-state index contributed by atoms with van der Waals surface area (Å²) in [7, 11) is 0. The number of rotatable bonds is 1. The van der Waals surface area contributed by atoms with Gasteiger partial charge in [-0.1, -0.05) is 0 Å². The van der Waals surface area contributed by atoms with Gasteiger partial charge in [-0.3, -0.25) is 0 Å². The molecule has 0 saturated carbocycles. The zero-order chi connectivity index (χ0) is 11.8. The van der Waals surface area contributed by atoms with Crippen LogP contribution in [-0.4, -0.2) is 13.1 Å². The van der Waals surface area contributed by atoms with E-state index in [1.165, 1.54) is 0 Å². The predicted octanol–water partition coefficient (Wildman–Crippen LogP) is 2.92. The molecule has 5 heteroatoms. The van der Waals surface area contributed by atoms with Crippen LogP contribution < -0.4 is 5.32 Å². The van der Waals surface area contributed by atoms with Gasteiger partial charge in [-0.15, -0.1) is 0 Å². The Morgan fingerprint density at radius 3 is 2.56 bits per heavy atom. The minimum Gasteiger partial charge on any atom is -0.316 e. The highest BCUT2D eigenvalue weighted by Gasteiger charge is 2.35. The molecule has 0 aliphatic carbocycles. The van der Waals surface area contributed by atoms with Crippen LogP contribution in [0.4, 0.5) is 17.6 Å². The third kappa shape index (κ3) is 2.19. The molecule has 1 N–H and O–H groups in total. The number of hydrogen-bond donors (Lipinski definition) is 1. The number of alkyl halides is 3. The van der Waals surface area contributed by atoms with Crippen molar-refractivity contribution in [2.75, 3.05) is 13.1 Å². The molecule has 16 heavy (non-hydrogen) atoms. The third-order valence-electron chi connectivity index (χ3n) is 2.82. The molecule has 0 bridgehead atoms. The normalized spacial score (nSPS) is 21.4. The van der Waals surface area contributed by atoms with E-state index >= 15 is 0 Å². The first-order valence-corrected chi connectivity index (χ1v) is 5.06. The minimum atomic E-state index is -4.41. The van der Waals surface area contributed by atoms with Gasteiger partial charge in [0.2, 0.25) is 0 Å². The first-order valence-electron chi connectivity index (χ1n) is 5.06. The summed E-state index contributed by atoms with van der Waals surface area (Å²) in [5, 5.41) is 2.98. The highest BCUT2D eigenvalue weighted by atomic mass is 19.4. The van der Waals surface area contributed by atoms with Crippen LogP contribution in [0, 0.1) is 5.82 Å². The molecule has 0 radical (unpaired) electrons. The maximum absolute atomic E-state index is 13.0. The highest BCUT2D eigenvalue weighted by Crippen LogP contribution is 2.37. The van der Waals surface area contributed by atoms with Gasteiger partial charge < -0.3 is 5.32 Å².